The molecule has 4 heteroatoms. The molecule has 0 aliphatic rings. The Bertz CT molecular complexity index is 911. The zero-order valence-corrected chi connectivity index (χ0v) is 14.3. The number of anilines is 1. The smallest absolute Gasteiger partial charge is 0.253 e. The van der Waals surface area contributed by atoms with Gasteiger partial charge in [-0.15, -0.1) is 0 Å². The van der Waals surface area contributed by atoms with Gasteiger partial charge in [-0.25, -0.2) is 0 Å². The summed E-state index contributed by atoms with van der Waals surface area (Å²) in [6.07, 6.45) is 0. The summed E-state index contributed by atoms with van der Waals surface area (Å²) in [5.74, 6) is 0.845. The van der Waals surface area contributed by atoms with E-state index in [0.29, 0.717) is 13.2 Å². The third-order valence-electron chi connectivity index (χ3n) is 4.02. The van der Waals surface area contributed by atoms with Crippen LogP contribution in [0.15, 0.2) is 47.3 Å². The number of pyridine rings is 1. The minimum absolute atomic E-state index is 0.0483. The van der Waals surface area contributed by atoms with Crippen molar-refractivity contribution in [3.05, 3.63) is 69.5 Å². The highest BCUT2D eigenvalue weighted by Gasteiger charge is 2.06. The van der Waals surface area contributed by atoms with Crippen molar-refractivity contribution in [2.24, 2.45) is 0 Å². The van der Waals surface area contributed by atoms with Crippen LogP contribution in [0.5, 0.6) is 5.75 Å². The van der Waals surface area contributed by atoms with Crippen LogP contribution in [0.25, 0.3) is 10.9 Å². The molecule has 0 saturated heterocycles. The van der Waals surface area contributed by atoms with E-state index >= 15 is 0 Å². The summed E-state index contributed by atoms with van der Waals surface area (Å²) in [5, 5.41) is 4.35. The number of aromatic nitrogens is 1. The highest BCUT2D eigenvalue weighted by Crippen LogP contribution is 2.19. The van der Waals surface area contributed by atoms with Gasteiger partial charge < -0.3 is 15.0 Å². The summed E-state index contributed by atoms with van der Waals surface area (Å²) in [7, 11) is 0. The second-order valence-corrected chi connectivity index (χ2v) is 5.98. The first-order valence-corrected chi connectivity index (χ1v) is 8.16. The molecular weight excluding hydrogens is 300 g/mol. The molecule has 0 aliphatic heterocycles. The van der Waals surface area contributed by atoms with Crippen molar-refractivity contribution in [1.82, 2.24) is 4.98 Å². The molecule has 0 spiro atoms. The van der Waals surface area contributed by atoms with Crippen molar-refractivity contribution in [3.63, 3.8) is 0 Å². The van der Waals surface area contributed by atoms with Crippen LogP contribution in [0.4, 0.5) is 5.69 Å². The Morgan fingerprint density at radius 1 is 1.08 bits per heavy atom. The molecule has 0 unspecified atom stereocenters. The second-order valence-electron chi connectivity index (χ2n) is 5.98. The van der Waals surface area contributed by atoms with E-state index in [1.165, 1.54) is 5.56 Å². The molecule has 24 heavy (non-hydrogen) atoms. The molecule has 0 saturated carbocycles. The number of hydrogen-bond donors (Lipinski definition) is 2. The molecule has 1 heterocycles. The lowest BCUT2D eigenvalue weighted by atomic mass is 10.1. The molecule has 0 radical (unpaired) electrons. The van der Waals surface area contributed by atoms with E-state index in [2.05, 4.69) is 29.4 Å². The standard InChI is InChI=1S/C20H22N2O2/c1-4-24-18-7-5-17(6-8-18)21-12-16-11-15-10-13(2)9-14(3)19(15)22-20(16)23/h5-11,21H,4,12H2,1-3H3,(H,22,23). The van der Waals surface area contributed by atoms with E-state index in [4.69, 9.17) is 4.74 Å². The van der Waals surface area contributed by atoms with Gasteiger partial charge in [-0.05, 0) is 68.1 Å². The minimum atomic E-state index is -0.0483. The van der Waals surface area contributed by atoms with Gasteiger partial charge in [-0.1, -0.05) is 11.6 Å². The monoisotopic (exact) mass is 322 g/mol. The molecule has 3 rings (SSSR count). The number of hydrogen-bond acceptors (Lipinski definition) is 3. The summed E-state index contributed by atoms with van der Waals surface area (Å²) in [5.41, 5.74) is 4.83. The van der Waals surface area contributed by atoms with Gasteiger partial charge in [-0.3, -0.25) is 4.79 Å². The van der Waals surface area contributed by atoms with Crippen molar-refractivity contribution >= 4 is 16.6 Å². The zero-order valence-electron chi connectivity index (χ0n) is 14.3. The van der Waals surface area contributed by atoms with Crippen LogP contribution < -0.4 is 15.6 Å². The van der Waals surface area contributed by atoms with Crippen molar-refractivity contribution in [2.45, 2.75) is 27.3 Å². The Labute approximate surface area is 141 Å². The van der Waals surface area contributed by atoms with Crippen LogP contribution in [0.3, 0.4) is 0 Å². The first-order chi connectivity index (χ1) is 11.6. The number of aryl methyl sites for hydroxylation is 2. The van der Waals surface area contributed by atoms with Crippen LogP contribution in [0.2, 0.25) is 0 Å². The third-order valence-corrected chi connectivity index (χ3v) is 4.02. The normalized spacial score (nSPS) is 10.8. The highest BCUT2D eigenvalue weighted by atomic mass is 16.5. The lowest BCUT2D eigenvalue weighted by molar-refractivity contribution is 0.340. The van der Waals surface area contributed by atoms with Gasteiger partial charge in [0.2, 0.25) is 0 Å². The van der Waals surface area contributed by atoms with Crippen molar-refractivity contribution < 1.29 is 4.74 Å². The van der Waals surface area contributed by atoms with Gasteiger partial charge in [0.1, 0.15) is 5.75 Å². The number of ether oxygens (including phenoxy) is 1. The van der Waals surface area contributed by atoms with E-state index in [-0.39, 0.29) is 5.56 Å². The molecule has 3 aromatic rings. The van der Waals surface area contributed by atoms with Crippen LogP contribution in [0.1, 0.15) is 23.6 Å². The average Bonchev–Trinajstić information content (AvgIpc) is 2.55. The van der Waals surface area contributed by atoms with Crippen LogP contribution in [0, 0.1) is 13.8 Å². The van der Waals surface area contributed by atoms with Gasteiger partial charge >= 0.3 is 0 Å². The van der Waals surface area contributed by atoms with Gasteiger partial charge in [0.15, 0.2) is 0 Å². The lowest BCUT2D eigenvalue weighted by Gasteiger charge is -2.10. The molecule has 0 fully saturated rings. The largest absolute Gasteiger partial charge is 0.494 e. The fourth-order valence-electron chi connectivity index (χ4n) is 2.90. The lowest BCUT2D eigenvalue weighted by Crippen LogP contribution is -2.16. The molecule has 1 aromatic heterocycles. The summed E-state index contributed by atoms with van der Waals surface area (Å²) in [4.78, 5) is 15.3. The maximum Gasteiger partial charge on any atom is 0.253 e. The predicted molar refractivity (Wildman–Crippen MR) is 99.0 cm³/mol. The number of fused-ring (bicyclic) bond motifs is 1. The Morgan fingerprint density at radius 3 is 2.54 bits per heavy atom. The molecule has 0 aliphatic carbocycles. The van der Waals surface area contributed by atoms with E-state index in [9.17, 15) is 4.79 Å². The minimum Gasteiger partial charge on any atom is -0.494 e. The first kappa shape index (κ1) is 16.1. The highest BCUT2D eigenvalue weighted by molar-refractivity contribution is 5.82. The summed E-state index contributed by atoms with van der Waals surface area (Å²) >= 11 is 0. The predicted octanol–water partition coefficient (Wildman–Crippen LogP) is 4.16. The number of nitrogens with one attached hydrogen (secondary N) is 2. The molecule has 2 aromatic carbocycles. The summed E-state index contributed by atoms with van der Waals surface area (Å²) < 4.78 is 5.43. The number of H-pyrrole nitrogens is 1. The molecule has 124 valence electrons. The van der Waals surface area contributed by atoms with E-state index in [1.54, 1.807) is 0 Å². The quantitative estimate of drug-likeness (QED) is 0.742. The molecular formula is C20H22N2O2. The van der Waals surface area contributed by atoms with Gasteiger partial charge in [0.25, 0.3) is 5.56 Å². The fraction of sp³-hybridized carbons (Fsp3) is 0.250. The van der Waals surface area contributed by atoms with Gasteiger partial charge in [0.05, 0.1) is 12.1 Å². The Kier molecular flexibility index (Phi) is 4.56. The number of benzene rings is 2. The summed E-state index contributed by atoms with van der Waals surface area (Å²) in [6, 6.07) is 13.9. The van der Waals surface area contributed by atoms with E-state index in [0.717, 1.165) is 33.5 Å². The summed E-state index contributed by atoms with van der Waals surface area (Å²) in [6.45, 7) is 7.17. The Hall–Kier alpha value is -2.75. The topological polar surface area (TPSA) is 54.1 Å². The maximum atomic E-state index is 12.3. The SMILES string of the molecule is CCOc1ccc(NCc2cc3cc(C)cc(C)c3[nH]c2=O)cc1. The maximum absolute atomic E-state index is 12.3. The van der Waals surface area contributed by atoms with Crippen LogP contribution in [-0.2, 0) is 6.54 Å². The Morgan fingerprint density at radius 2 is 1.83 bits per heavy atom. The van der Waals surface area contributed by atoms with Crippen molar-refractivity contribution in [3.8, 4) is 5.75 Å². The molecule has 0 atom stereocenters. The molecule has 2 N–H and O–H groups in total. The zero-order chi connectivity index (χ0) is 17.1. The van der Waals surface area contributed by atoms with Crippen LogP contribution in [-0.4, -0.2) is 11.6 Å². The fourth-order valence-corrected chi connectivity index (χ4v) is 2.90. The third kappa shape index (κ3) is 3.43. The Balaban J connectivity index is 1.82. The second kappa shape index (κ2) is 6.79. The first-order valence-electron chi connectivity index (χ1n) is 8.16. The van der Waals surface area contributed by atoms with Crippen molar-refractivity contribution in [2.75, 3.05) is 11.9 Å². The molecule has 4 nitrogen and oxygen atoms in total. The van der Waals surface area contributed by atoms with Crippen LogP contribution >= 0.6 is 0 Å². The van der Waals surface area contributed by atoms with Gasteiger partial charge in [0, 0.05) is 17.8 Å². The van der Waals surface area contributed by atoms with Gasteiger partial charge in [-0.2, -0.15) is 0 Å². The van der Waals surface area contributed by atoms with E-state index in [1.807, 2.05) is 44.2 Å². The molecule has 0 bridgehead atoms. The molecule has 0 amide bonds. The van der Waals surface area contributed by atoms with E-state index < -0.39 is 0 Å². The number of aromatic amines is 1. The van der Waals surface area contributed by atoms with Crippen molar-refractivity contribution in [1.29, 1.82) is 0 Å². The number of rotatable bonds is 5. The average molecular weight is 322 g/mol.